The largest absolute Gasteiger partial charge is 0.382 e. The van der Waals surface area contributed by atoms with Gasteiger partial charge < -0.3 is 14.8 Å². The molecule has 0 aromatic carbocycles. The first-order valence-electron chi connectivity index (χ1n) is 5.09. The first kappa shape index (κ1) is 14.9. The van der Waals surface area contributed by atoms with E-state index in [2.05, 4.69) is 21.2 Å². The zero-order chi connectivity index (χ0) is 11.5. The Bertz CT molecular complexity index is 167. The summed E-state index contributed by atoms with van der Waals surface area (Å²) in [5, 5.41) is 3.77. The van der Waals surface area contributed by atoms with Crippen LogP contribution >= 0.6 is 15.9 Å². The zero-order valence-corrected chi connectivity index (χ0v) is 11.0. The lowest BCUT2D eigenvalue weighted by Crippen LogP contribution is -2.35. The highest BCUT2D eigenvalue weighted by Gasteiger charge is 2.08. The Morgan fingerprint density at radius 3 is 2.67 bits per heavy atom. The lowest BCUT2D eigenvalue weighted by atomic mass is 10.2. The van der Waals surface area contributed by atoms with Gasteiger partial charge in [-0.15, -0.1) is 0 Å². The van der Waals surface area contributed by atoms with Gasteiger partial charge >= 0.3 is 0 Å². The topological polar surface area (TPSA) is 47.6 Å². The molecule has 0 heterocycles. The van der Waals surface area contributed by atoms with Crippen molar-refractivity contribution in [2.75, 3.05) is 32.7 Å². The molecule has 0 saturated heterocycles. The van der Waals surface area contributed by atoms with Crippen LogP contribution in [0.1, 0.15) is 19.3 Å². The number of carbonyl (C=O) groups is 1. The minimum atomic E-state index is -0.0601. The fourth-order valence-electron chi connectivity index (χ4n) is 1.09. The summed E-state index contributed by atoms with van der Waals surface area (Å²) in [4.78, 5) is 11.3. The van der Waals surface area contributed by atoms with Crippen molar-refractivity contribution >= 4 is 21.8 Å². The number of hydrogen-bond donors (Lipinski definition) is 1. The quantitative estimate of drug-likeness (QED) is 0.512. The highest BCUT2D eigenvalue weighted by Crippen LogP contribution is 1.98. The molecule has 0 bridgehead atoms. The number of ether oxygens (including phenoxy) is 2. The van der Waals surface area contributed by atoms with Crippen LogP contribution in [0.4, 0.5) is 0 Å². The van der Waals surface area contributed by atoms with Crippen molar-refractivity contribution in [2.24, 2.45) is 0 Å². The average Bonchev–Trinajstić information content (AvgIpc) is 2.24. The van der Waals surface area contributed by atoms with Gasteiger partial charge in [-0.1, -0.05) is 15.9 Å². The first-order valence-corrected chi connectivity index (χ1v) is 6.21. The van der Waals surface area contributed by atoms with Gasteiger partial charge in [-0.05, 0) is 12.8 Å². The average molecular weight is 282 g/mol. The fraction of sp³-hybridized carbons (Fsp3) is 0.900. The standard InChI is InChI=1S/C10H20BrNO3/c1-14-8-9(15-2)7-12-10(13)5-3-4-6-11/h9H,3-8H2,1-2H3,(H,12,13). The molecule has 0 aromatic rings. The van der Waals surface area contributed by atoms with Crippen LogP contribution in [-0.4, -0.2) is 44.7 Å². The minimum absolute atomic E-state index is 0.0601. The number of hydrogen-bond acceptors (Lipinski definition) is 3. The minimum Gasteiger partial charge on any atom is -0.382 e. The molecule has 0 saturated carbocycles. The number of carbonyl (C=O) groups excluding carboxylic acids is 1. The Hall–Kier alpha value is -0.130. The Labute approximate surface area is 99.8 Å². The molecule has 0 aromatic heterocycles. The third-order valence-electron chi connectivity index (χ3n) is 2.00. The lowest BCUT2D eigenvalue weighted by Gasteiger charge is -2.14. The number of halogens is 1. The van der Waals surface area contributed by atoms with Gasteiger partial charge in [0.1, 0.15) is 0 Å². The highest BCUT2D eigenvalue weighted by molar-refractivity contribution is 9.09. The molecule has 5 heteroatoms. The van der Waals surface area contributed by atoms with Gasteiger partial charge in [0.05, 0.1) is 12.7 Å². The van der Waals surface area contributed by atoms with E-state index in [1.807, 2.05) is 0 Å². The van der Waals surface area contributed by atoms with Crippen LogP contribution in [0.25, 0.3) is 0 Å². The van der Waals surface area contributed by atoms with Gasteiger partial charge in [-0.2, -0.15) is 0 Å². The molecule has 1 unspecified atom stereocenters. The van der Waals surface area contributed by atoms with E-state index in [1.54, 1.807) is 14.2 Å². The van der Waals surface area contributed by atoms with Gasteiger partial charge in [0.25, 0.3) is 0 Å². The van der Waals surface area contributed by atoms with Crippen LogP contribution in [-0.2, 0) is 14.3 Å². The van der Waals surface area contributed by atoms with Crippen molar-refractivity contribution in [3.8, 4) is 0 Å². The Morgan fingerprint density at radius 2 is 2.13 bits per heavy atom. The maximum Gasteiger partial charge on any atom is 0.220 e. The summed E-state index contributed by atoms with van der Waals surface area (Å²) in [5.41, 5.74) is 0. The molecule has 0 fully saturated rings. The van der Waals surface area contributed by atoms with Crippen molar-refractivity contribution in [2.45, 2.75) is 25.4 Å². The molecule has 0 aliphatic heterocycles. The Balaban J connectivity index is 3.50. The van der Waals surface area contributed by atoms with Crippen molar-refractivity contribution in [1.82, 2.24) is 5.32 Å². The molecule has 1 amide bonds. The number of methoxy groups -OCH3 is 2. The van der Waals surface area contributed by atoms with Crippen molar-refractivity contribution in [3.05, 3.63) is 0 Å². The van der Waals surface area contributed by atoms with E-state index in [1.165, 1.54) is 0 Å². The molecule has 1 atom stereocenters. The summed E-state index contributed by atoms with van der Waals surface area (Å²) in [7, 11) is 3.23. The summed E-state index contributed by atoms with van der Waals surface area (Å²) < 4.78 is 10.1. The van der Waals surface area contributed by atoms with Crippen molar-refractivity contribution < 1.29 is 14.3 Å². The van der Waals surface area contributed by atoms with Crippen LogP contribution < -0.4 is 5.32 Å². The molecule has 1 N–H and O–H groups in total. The smallest absolute Gasteiger partial charge is 0.220 e. The second-order valence-electron chi connectivity index (χ2n) is 3.26. The van der Waals surface area contributed by atoms with Gasteiger partial charge in [-0.3, -0.25) is 4.79 Å². The Kier molecular flexibility index (Phi) is 10.3. The van der Waals surface area contributed by atoms with Crippen LogP contribution in [0.5, 0.6) is 0 Å². The second kappa shape index (κ2) is 10.4. The molecule has 15 heavy (non-hydrogen) atoms. The molecule has 0 spiro atoms. The third-order valence-corrected chi connectivity index (χ3v) is 2.56. The fourth-order valence-corrected chi connectivity index (χ4v) is 1.49. The van der Waals surface area contributed by atoms with E-state index in [0.29, 0.717) is 19.6 Å². The molecule has 0 radical (unpaired) electrons. The summed E-state index contributed by atoms with van der Waals surface area (Å²) >= 11 is 3.33. The number of amides is 1. The van der Waals surface area contributed by atoms with Crippen LogP contribution in [0.15, 0.2) is 0 Å². The van der Waals surface area contributed by atoms with E-state index in [4.69, 9.17) is 9.47 Å². The number of unbranched alkanes of at least 4 members (excludes halogenated alkanes) is 1. The predicted octanol–water partition coefficient (Wildman–Crippen LogP) is 1.33. The highest BCUT2D eigenvalue weighted by atomic mass is 79.9. The molecular weight excluding hydrogens is 262 g/mol. The summed E-state index contributed by atoms with van der Waals surface area (Å²) in [6, 6.07) is 0. The van der Waals surface area contributed by atoms with Crippen LogP contribution in [0.3, 0.4) is 0 Å². The van der Waals surface area contributed by atoms with Gasteiger partial charge in [0.15, 0.2) is 0 Å². The number of nitrogens with one attached hydrogen (secondary N) is 1. The van der Waals surface area contributed by atoms with Crippen molar-refractivity contribution in [3.63, 3.8) is 0 Å². The monoisotopic (exact) mass is 281 g/mol. The first-order chi connectivity index (χ1) is 7.24. The SMILES string of the molecule is COCC(CNC(=O)CCCCBr)OC. The van der Waals surface area contributed by atoms with Gasteiger partial charge in [0.2, 0.25) is 5.91 Å². The Morgan fingerprint density at radius 1 is 1.40 bits per heavy atom. The predicted molar refractivity (Wildman–Crippen MR) is 63.3 cm³/mol. The second-order valence-corrected chi connectivity index (χ2v) is 4.06. The third kappa shape index (κ3) is 8.84. The normalized spacial score (nSPS) is 12.5. The molecule has 0 aliphatic carbocycles. The zero-order valence-electron chi connectivity index (χ0n) is 9.42. The van der Waals surface area contributed by atoms with Crippen LogP contribution in [0.2, 0.25) is 0 Å². The molecular formula is C10H20BrNO3. The van der Waals surface area contributed by atoms with E-state index in [-0.39, 0.29) is 12.0 Å². The summed E-state index contributed by atoms with van der Waals surface area (Å²) in [5.74, 6) is 0.0779. The molecule has 0 rings (SSSR count). The number of rotatable bonds is 9. The lowest BCUT2D eigenvalue weighted by molar-refractivity contribution is -0.121. The maximum absolute atomic E-state index is 11.3. The molecule has 0 aliphatic rings. The molecule has 90 valence electrons. The van der Waals surface area contributed by atoms with Crippen LogP contribution in [0, 0.1) is 0 Å². The van der Waals surface area contributed by atoms with E-state index in [0.717, 1.165) is 18.2 Å². The summed E-state index contributed by atoms with van der Waals surface area (Å²) in [6.07, 6.45) is 2.46. The molecule has 4 nitrogen and oxygen atoms in total. The number of alkyl halides is 1. The van der Waals surface area contributed by atoms with E-state index in [9.17, 15) is 4.79 Å². The summed E-state index contributed by atoms with van der Waals surface area (Å²) in [6.45, 7) is 1.01. The van der Waals surface area contributed by atoms with Gasteiger partial charge in [0, 0.05) is 32.5 Å². The van der Waals surface area contributed by atoms with E-state index >= 15 is 0 Å². The van der Waals surface area contributed by atoms with Gasteiger partial charge in [-0.25, -0.2) is 0 Å². The maximum atomic E-state index is 11.3. The van der Waals surface area contributed by atoms with E-state index < -0.39 is 0 Å². The van der Waals surface area contributed by atoms with Crippen molar-refractivity contribution in [1.29, 1.82) is 0 Å².